The van der Waals surface area contributed by atoms with Gasteiger partial charge in [-0.05, 0) is 76.8 Å². The number of hydrogen-bond donors (Lipinski definition) is 1. The number of piperidine rings is 1. The second-order valence-corrected chi connectivity index (χ2v) is 11.3. The molecule has 27 heavy (non-hydrogen) atoms. The summed E-state index contributed by atoms with van der Waals surface area (Å²) in [5, 5.41) is 3.44. The Hall–Kier alpha value is -0.160. The molecular formula is C23H45N3O. The average Bonchev–Trinajstić information content (AvgIpc) is 2.59. The molecule has 2 heterocycles. The van der Waals surface area contributed by atoms with Gasteiger partial charge in [-0.1, -0.05) is 20.8 Å². The van der Waals surface area contributed by atoms with Crippen LogP contribution in [0.4, 0.5) is 0 Å². The first-order valence-corrected chi connectivity index (χ1v) is 11.5. The van der Waals surface area contributed by atoms with Gasteiger partial charge in [0.2, 0.25) is 0 Å². The maximum Gasteiger partial charge on any atom is 0.0603 e. The Morgan fingerprint density at radius 3 is 2.15 bits per heavy atom. The summed E-state index contributed by atoms with van der Waals surface area (Å²) in [6.45, 7) is 20.4. The summed E-state index contributed by atoms with van der Waals surface area (Å²) in [6, 6.07) is 0. The number of ether oxygens (including phenoxy) is 1. The number of rotatable bonds is 5. The van der Waals surface area contributed by atoms with Gasteiger partial charge in [0, 0.05) is 38.3 Å². The van der Waals surface area contributed by atoms with Crippen LogP contribution in [0.1, 0.15) is 73.1 Å². The van der Waals surface area contributed by atoms with Gasteiger partial charge in [0.05, 0.1) is 12.2 Å². The van der Waals surface area contributed by atoms with Crippen LogP contribution >= 0.6 is 0 Å². The zero-order valence-corrected chi connectivity index (χ0v) is 18.7. The van der Waals surface area contributed by atoms with Gasteiger partial charge in [0.15, 0.2) is 0 Å². The molecule has 3 aliphatic rings. The molecule has 1 N–H and O–H groups in total. The fourth-order valence-corrected chi connectivity index (χ4v) is 5.33. The Morgan fingerprint density at radius 1 is 0.926 bits per heavy atom. The molecule has 0 amide bonds. The van der Waals surface area contributed by atoms with Crippen LogP contribution in [0, 0.1) is 11.3 Å². The van der Waals surface area contributed by atoms with E-state index < -0.39 is 0 Å². The Kier molecular flexibility index (Phi) is 7.27. The third-order valence-corrected chi connectivity index (χ3v) is 6.80. The first-order chi connectivity index (χ1) is 12.7. The number of piperazine rings is 1. The van der Waals surface area contributed by atoms with Crippen LogP contribution < -0.4 is 5.32 Å². The lowest BCUT2D eigenvalue weighted by Gasteiger charge is -2.50. The van der Waals surface area contributed by atoms with Gasteiger partial charge in [-0.15, -0.1) is 0 Å². The van der Waals surface area contributed by atoms with E-state index in [9.17, 15) is 0 Å². The molecule has 1 saturated carbocycles. The molecule has 0 radical (unpaired) electrons. The monoisotopic (exact) mass is 379 g/mol. The Bertz CT molecular complexity index is 445. The van der Waals surface area contributed by atoms with E-state index in [1.165, 1.54) is 71.2 Å². The maximum absolute atomic E-state index is 6.40. The fraction of sp³-hybridized carbons (Fsp3) is 1.00. The van der Waals surface area contributed by atoms with Gasteiger partial charge in [0.25, 0.3) is 0 Å². The predicted molar refractivity (Wildman–Crippen MR) is 114 cm³/mol. The molecule has 0 bridgehead atoms. The van der Waals surface area contributed by atoms with Crippen molar-refractivity contribution in [3.8, 4) is 0 Å². The largest absolute Gasteiger partial charge is 0.375 e. The van der Waals surface area contributed by atoms with Crippen molar-refractivity contribution in [2.75, 3.05) is 45.8 Å². The van der Waals surface area contributed by atoms with Crippen molar-refractivity contribution in [1.29, 1.82) is 0 Å². The van der Waals surface area contributed by atoms with Crippen LogP contribution in [0.15, 0.2) is 0 Å². The summed E-state index contributed by atoms with van der Waals surface area (Å²) in [7, 11) is 0. The van der Waals surface area contributed by atoms with Crippen LogP contribution in [-0.2, 0) is 4.74 Å². The third-order valence-electron chi connectivity index (χ3n) is 6.80. The molecule has 0 spiro atoms. The summed E-state index contributed by atoms with van der Waals surface area (Å²) in [5.74, 6) is 0.878. The lowest BCUT2D eigenvalue weighted by atomic mass is 9.85. The van der Waals surface area contributed by atoms with E-state index in [1.54, 1.807) is 0 Å². The molecule has 0 unspecified atom stereocenters. The summed E-state index contributed by atoms with van der Waals surface area (Å²) in [4.78, 5) is 5.46. The Balaban J connectivity index is 1.39. The summed E-state index contributed by atoms with van der Waals surface area (Å²) >= 11 is 0. The molecule has 0 aromatic rings. The maximum atomic E-state index is 6.40. The van der Waals surface area contributed by atoms with Crippen LogP contribution in [0.5, 0.6) is 0 Å². The van der Waals surface area contributed by atoms with Crippen LogP contribution in [0.2, 0.25) is 0 Å². The third kappa shape index (κ3) is 6.69. The standard InChI is InChI=1S/C23H45N3O/c1-22(2,3)17-26-15-14-25(18-23(26,4)5)16-19-6-8-20(9-7-19)27-21-10-12-24-13-11-21/h19-21,24H,6-18H2,1-5H3. The van der Waals surface area contributed by atoms with Gasteiger partial charge in [-0.25, -0.2) is 0 Å². The van der Waals surface area contributed by atoms with E-state index in [2.05, 4.69) is 49.7 Å². The first kappa shape index (κ1) is 21.5. The number of hydrogen-bond acceptors (Lipinski definition) is 4. The normalized spacial score (nSPS) is 31.9. The van der Waals surface area contributed by atoms with E-state index in [0.29, 0.717) is 23.2 Å². The SMILES string of the molecule is CC(C)(C)CN1CCN(CC2CCC(OC3CCNCC3)CC2)CC1(C)C. The molecule has 3 rings (SSSR count). The van der Waals surface area contributed by atoms with Gasteiger partial charge >= 0.3 is 0 Å². The minimum absolute atomic E-state index is 0.293. The Labute approximate surface area is 168 Å². The fourth-order valence-electron chi connectivity index (χ4n) is 5.33. The average molecular weight is 380 g/mol. The van der Waals surface area contributed by atoms with Crippen molar-refractivity contribution in [1.82, 2.24) is 15.1 Å². The molecule has 2 aliphatic heterocycles. The number of nitrogens with zero attached hydrogens (tertiary/aromatic N) is 2. The smallest absolute Gasteiger partial charge is 0.0603 e. The minimum Gasteiger partial charge on any atom is -0.375 e. The predicted octanol–water partition coefficient (Wildman–Crippen LogP) is 3.76. The lowest BCUT2D eigenvalue weighted by Crippen LogP contribution is -2.61. The molecule has 0 aromatic heterocycles. The summed E-state index contributed by atoms with van der Waals surface area (Å²) < 4.78 is 6.40. The zero-order valence-electron chi connectivity index (χ0n) is 18.7. The van der Waals surface area contributed by atoms with E-state index >= 15 is 0 Å². The van der Waals surface area contributed by atoms with E-state index in [4.69, 9.17) is 4.74 Å². The molecule has 0 aromatic carbocycles. The minimum atomic E-state index is 0.293. The second kappa shape index (κ2) is 9.11. The zero-order chi connectivity index (χ0) is 19.5. The van der Waals surface area contributed by atoms with Gasteiger partial charge in [0.1, 0.15) is 0 Å². The number of nitrogens with one attached hydrogen (secondary N) is 1. The highest BCUT2D eigenvalue weighted by Crippen LogP contribution is 2.31. The van der Waals surface area contributed by atoms with Crippen molar-refractivity contribution in [3.05, 3.63) is 0 Å². The summed E-state index contributed by atoms with van der Waals surface area (Å²) in [6.07, 6.45) is 8.73. The molecule has 4 heteroatoms. The van der Waals surface area contributed by atoms with Crippen molar-refractivity contribution < 1.29 is 4.74 Å². The first-order valence-electron chi connectivity index (χ1n) is 11.5. The summed E-state index contributed by atoms with van der Waals surface area (Å²) in [5.41, 5.74) is 0.674. The van der Waals surface area contributed by atoms with Crippen molar-refractivity contribution in [3.63, 3.8) is 0 Å². The second-order valence-electron chi connectivity index (χ2n) is 11.3. The van der Waals surface area contributed by atoms with Crippen molar-refractivity contribution in [2.45, 2.75) is 90.9 Å². The molecule has 0 atom stereocenters. The molecule has 158 valence electrons. The lowest BCUT2D eigenvalue weighted by molar-refractivity contribution is -0.0534. The van der Waals surface area contributed by atoms with Crippen molar-refractivity contribution in [2.24, 2.45) is 11.3 Å². The topological polar surface area (TPSA) is 27.7 Å². The quantitative estimate of drug-likeness (QED) is 0.787. The highest BCUT2D eigenvalue weighted by atomic mass is 16.5. The molecule has 1 aliphatic carbocycles. The Morgan fingerprint density at radius 2 is 1.56 bits per heavy atom. The van der Waals surface area contributed by atoms with Gasteiger partial charge in [-0.3, -0.25) is 9.80 Å². The molecule has 3 fully saturated rings. The van der Waals surface area contributed by atoms with E-state index in [0.717, 1.165) is 19.0 Å². The molecular weight excluding hydrogens is 334 g/mol. The van der Waals surface area contributed by atoms with Gasteiger partial charge < -0.3 is 10.1 Å². The van der Waals surface area contributed by atoms with Crippen LogP contribution in [-0.4, -0.2) is 73.4 Å². The van der Waals surface area contributed by atoms with Crippen molar-refractivity contribution >= 4 is 0 Å². The highest BCUT2D eigenvalue weighted by Gasteiger charge is 2.36. The van der Waals surface area contributed by atoms with E-state index in [-0.39, 0.29) is 0 Å². The van der Waals surface area contributed by atoms with Crippen LogP contribution in [0.25, 0.3) is 0 Å². The highest BCUT2D eigenvalue weighted by molar-refractivity contribution is 4.92. The molecule has 4 nitrogen and oxygen atoms in total. The van der Waals surface area contributed by atoms with Crippen LogP contribution in [0.3, 0.4) is 0 Å². The van der Waals surface area contributed by atoms with E-state index in [1.807, 2.05) is 0 Å². The van der Waals surface area contributed by atoms with Gasteiger partial charge in [-0.2, -0.15) is 0 Å². The molecule has 2 saturated heterocycles.